The van der Waals surface area contributed by atoms with Crippen LogP contribution in [0.4, 0.5) is 5.69 Å². The molecule has 2 heterocycles. The van der Waals surface area contributed by atoms with E-state index in [0.717, 1.165) is 28.8 Å². The highest BCUT2D eigenvalue weighted by atomic mass is 16.7. The molecule has 138 valence electrons. The largest absolute Gasteiger partial charge is 0.353 e. The lowest BCUT2D eigenvalue weighted by atomic mass is 10.00. The van der Waals surface area contributed by atoms with Crippen molar-refractivity contribution in [1.82, 2.24) is 9.78 Å². The number of hydrogen-bond acceptors (Lipinski definition) is 5. The number of benzene rings is 1. The summed E-state index contributed by atoms with van der Waals surface area (Å²) in [7, 11) is 1.90. The molecule has 2 aromatic rings. The minimum atomic E-state index is -0.384. The van der Waals surface area contributed by atoms with E-state index in [1.165, 1.54) is 0 Å². The van der Waals surface area contributed by atoms with Crippen molar-refractivity contribution in [1.29, 1.82) is 0 Å². The van der Waals surface area contributed by atoms with E-state index in [0.29, 0.717) is 19.8 Å². The van der Waals surface area contributed by atoms with Gasteiger partial charge in [-0.3, -0.25) is 4.68 Å². The van der Waals surface area contributed by atoms with E-state index in [2.05, 4.69) is 17.2 Å². The van der Waals surface area contributed by atoms with Gasteiger partial charge in [0, 0.05) is 37.7 Å². The van der Waals surface area contributed by atoms with Crippen LogP contribution in [0.5, 0.6) is 0 Å². The molecular weight excluding hydrogens is 330 g/mol. The van der Waals surface area contributed by atoms with Crippen molar-refractivity contribution in [3.8, 4) is 11.3 Å². The monoisotopic (exact) mass is 355 g/mol. The number of carbonyl (C=O) groups is 1. The molecule has 1 unspecified atom stereocenters. The summed E-state index contributed by atoms with van der Waals surface area (Å²) in [6.45, 7) is 5.47. The number of hydrogen-bond donors (Lipinski definition) is 0. The van der Waals surface area contributed by atoms with Crippen LogP contribution in [-0.2, 0) is 21.3 Å². The lowest BCUT2D eigenvalue weighted by molar-refractivity contribution is -0.130. The summed E-state index contributed by atoms with van der Waals surface area (Å²) in [4.78, 5) is 13.7. The molecule has 1 aliphatic heterocycles. The lowest BCUT2D eigenvalue weighted by Crippen LogP contribution is -2.44. The zero-order valence-corrected chi connectivity index (χ0v) is 15.5. The van der Waals surface area contributed by atoms with Crippen LogP contribution in [0.25, 0.3) is 17.3 Å². The average Bonchev–Trinajstić information content (AvgIpc) is 3.08. The summed E-state index contributed by atoms with van der Waals surface area (Å²) < 4.78 is 13.2. The molecule has 0 radical (unpaired) electrons. The quantitative estimate of drug-likeness (QED) is 0.538. The van der Waals surface area contributed by atoms with Crippen molar-refractivity contribution in [2.24, 2.45) is 7.05 Å². The number of aldehydes is 1. The van der Waals surface area contributed by atoms with Crippen molar-refractivity contribution in [3.05, 3.63) is 42.1 Å². The van der Waals surface area contributed by atoms with Crippen molar-refractivity contribution in [2.45, 2.75) is 26.2 Å². The van der Waals surface area contributed by atoms with Gasteiger partial charge in [-0.15, -0.1) is 0 Å². The Morgan fingerprint density at radius 3 is 2.62 bits per heavy atom. The Kier molecular flexibility index (Phi) is 5.85. The second-order valence-electron chi connectivity index (χ2n) is 6.13. The fourth-order valence-corrected chi connectivity index (χ4v) is 3.15. The van der Waals surface area contributed by atoms with Gasteiger partial charge in [0.05, 0.1) is 12.2 Å². The Morgan fingerprint density at radius 2 is 2.00 bits per heavy atom. The summed E-state index contributed by atoms with van der Waals surface area (Å²) in [6.07, 6.45) is 6.38. The van der Waals surface area contributed by atoms with Crippen LogP contribution in [0.1, 0.15) is 19.4 Å². The van der Waals surface area contributed by atoms with E-state index in [4.69, 9.17) is 9.47 Å². The van der Waals surface area contributed by atoms with Gasteiger partial charge in [-0.05, 0) is 31.5 Å². The van der Waals surface area contributed by atoms with Crippen LogP contribution in [-0.4, -0.2) is 48.2 Å². The SMILES string of the molecule is CCOC(CN1c2cc(-c3ccn(C)n3)ccc2C=CC1C=O)OCC. The Morgan fingerprint density at radius 1 is 1.23 bits per heavy atom. The van der Waals surface area contributed by atoms with Gasteiger partial charge < -0.3 is 19.2 Å². The zero-order chi connectivity index (χ0) is 18.5. The highest BCUT2D eigenvalue weighted by molar-refractivity contribution is 5.83. The third kappa shape index (κ3) is 3.86. The van der Waals surface area contributed by atoms with E-state index >= 15 is 0 Å². The molecule has 0 saturated heterocycles. The van der Waals surface area contributed by atoms with E-state index < -0.39 is 0 Å². The molecule has 26 heavy (non-hydrogen) atoms. The Bertz CT molecular complexity index is 778. The van der Waals surface area contributed by atoms with E-state index in [9.17, 15) is 4.79 Å². The van der Waals surface area contributed by atoms with Gasteiger partial charge in [0.25, 0.3) is 0 Å². The minimum Gasteiger partial charge on any atom is -0.353 e. The molecule has 1 atom stereocenters. The van der Waals surface area contributed by atoms with Gasteiger partial charge >= 0.3 is 0 Å². The number of anilines is 1. The topological polar surface area (TPSA) is 56.6 Å². The second-order valence-corrected chi connectivity index (χ2v) is 6.13. The molecule has 1 aliphatic rings. The van der Waals surface area contributed by atoms with Gasteiger partial charge in [-0.1, -0.05) is 24.3 Å². The molecule has 0 aliphatic carbocycles. The minimum absolute atomic E-state index is 0.343. The van der Waals surface area contributed by atoms with Gasteiger partial charge in [-0.2, -0.15) is 5.10 Å². The standard InChI is InChI=1S/C20H25N3O3/c1-4-25-20(26-5-2)13-23-17(14-24)9-8-15-6-7-16(12-19(15)23)18-10-11-22(3)21-18/h6-12,14,17,20H,4-5,13H2,1-3H3. The maximum absolute atomic E-state index is 11.6. The highest BCUT2D eigenvalue weighted by Crippen LogP contribution is 2.33. The smallest absolute Gasteiger partial charge is 0.174 e. The summed E-state index contributed by atoms with van der Waals surface area (Å²) in [5.74, 6) is 0. The zero-order valence-electron chi connectivity index (χ0n) is 15.5. The Balaban J connectivity index is 1.95. The fraction of sp³-hybridized carbons (Fsp3) is 0.400. The maximum atomic E-state index is 11.6. The number of aryl methyl sites for hydroxylation is 1. The van der Waals surface area contributed by atoms with Crippen molar-refractivity contribution >= 4 is 18.0 Å². The molecule has 0 saturated carbocycles. The predicted molar refractivity (Wildman–Crippen MR) is 102 cm³/mol. The fourth-order valence-electron chi connectivity index (χ4n) is 3.15. The molecule has 0 spiro atoms. The van der Waals surface area contributed by atoms with Crippen LogP contribution in [0, 0.1) is 0 Å². The first kappa shape index (κ1) is 18.4. The highest BCUT2D eigenvalue weighted by Gasteiger charge is 2.26. The lowest BCUT2D eigenvalue weighted by Gasteiger charge is -2.35. The van der Waals surface area contributed by atoms with E-state index in [1.807, 2.05) is 56.3 Å². The number of fused-ring (bicyclic) bond motifs is 1. The number of nitrogens with zero attached hydrogens (tertiary/aromatic N) is 3. The van der Waals surface area contributed by atoms with Crippen LogP contribution < -0.4 is 4.90 Å². The molecule has 6 heteroatoms. The van der Waals surface area contributed by atoms with Crippen molar-refractivity contribution in [3.63, 3.8) is 0 Å². The van der Waals surface area contributed by atoms with Crippen LogP contribution in [0.15, 0.2) is 36.5 Å². The molecule has 3 rings (SSSR count). The Labute approximate surface area is 154 Å². The van der Waals surface area contributed by atoms with E-state index in [-0.39, 0.29) is 12.3 Å². The second kappa shape index (κ2) is 8.29. The number of carbonyl (C=O) groups excluding carboxylic acids is 1. The van der Waals surface area contributed by atoms with Gasteiger partial charge in [0.2, 0.25) is 0 Å². The van der Waals surface area contributed by atoms with Gasteiger partial charge in [-0.25, -0.2) is 0 Å². The average molecular weight is 355 g/mol. The molecule has 0 bridgehead atoms. The first-order valence-corrected chi connectivity index (χ1v) is 8.93. The summed E-state index contributed by atoms with van der Waals surface area (Å²) in [5, 5.41) is 4.48. The van der Waals surface area contributed by atoms with Crippen LogP contribution in [0.3, 0.4) is 0 Å². The summed E-state index contributed by atoms with van der Waals surface area (Å²) in [5.41, 5.74) is 3.96. The maximum Gasteiger partial charge on any atom is 0.174 e. The van der Waals surface area contributed by atoms with Crippen LogP contribution in [0.2, 0.25) is 0 Å². The van der Waals surface area contributed by atoms with Gasteiger partial charge in [0.15, 0.2) is 6.29 Å². The predicted octanol–water partition coefficient (Wildman–Crippen LogP) is 2.89. The number of ether oxygens (including phenoxy) is 2. The summed E-state index contributed by atoms with van der Waals surface area (Å²) in [6, 6.07) is 7.82. The van der Waals surface area contributed by atoms with Crippen molar-refractivity contribution in [2.75, 3.05) is 24.7 Å². The van der Waals surface area contributed by atoms with E-state index in [1.54, 1.807) is 4.68 Å². The van der Waals surface area contributed by atoms with Crippen molar-refractivity contribution < 1.29 is 14.3 Å². The molecule has 1 aromatic carbocycles. The van der Waals surface area contributed by atoms with Crippen LogP contribution >= 0.6 is 0 Å². The molecule has 0 N–H and O–H groups in total. The Hall–Kier alpha value is -2.44. The summed E-state index contributed by atoms with van der Waals surface area (Å²) >= 11 is 0. The third-order valence-electron chi connectivity index (χ3n) is 4.37. The first-order valence-electron chi connectivity index (χ1n) is 8.93. The normalized spacial score (nSPS) is 16.2. The molecular formula is C20H25N3O3. The third-order valence-corrected chi connectivity index (χ3v) is 4.37. The molecule has 6 nitrogen and oxygen atoms in total. The first-order chi connectivity index (χ1) is 12.7. The number of rotatable bonds is 8. The molecule has 1 aromatic heterocycles. The molecule has 0 amide bonds. The molecule has 0 fully saturated rings. The van der Waals surface area contributed by atoms with Gasteiger partial charge in [0.1, 0.15) is 12.3 Å². The number of aromatic nitrogens is 2.